The van der Waals surface area contributed by atoms with E-state index in [1.54, 1.807) is 12.1 Å². The third-order valence-electron chi connectivity index (χ3n) is 3.45. The van der Waals surface area contributed by atoms with Crippen molar-refractivity contribution in [2.24, 2.45) is 5.84 Å². The van der Waals surface area contributed by atoms with E-state index in [9.17, 15) is 18.0 Å². The fourth-order valence-corrected chi connectivity index (χ4v) is 2.27. The summed E-state index contributed by atoms with van der Waals surface area (Å²) >= 11 is 0. The van der Waals surface area contributed by atoms with Gasteiger partial charge in [-0.05, 0) is 36.4 Å². The van der Waals surface area contributed by atoms with Gasteiger partial charge < -0.3 is 4.74 Å². The van der Waals surface area contributed by atoms with Crippen LogP contribution in [-0.2, 0) is 11.3 Å². The molecule has 0 aliphatic heterocycles. The number of hydrogen-bond donors (Lipinski definition) is 2. The van der Waals surface area contributed by atoms with Crippen LogP contribution in [0.25, 0.3) is 22.4 Å². The Morgan fingerprint density at radius 2 is 1.92 bits per heavy atom. The summed E-state index contributed by atoms with van der Waals surface area (Å²) in [6.07, 6.45) is -4.64. The Hall–Kier alpha value is -3.21. The number of nitrogens with one attached hydrogen (secondary N) is 1. The van der Waals surface area contributed by atoms with Crippen LogP contribution in [0.15, 0.2) is 36.4 Å². The van der Waals surface area contributed by atoms with Gasteiger partial charge >= 0.3 is 6.36 Å². The molecule has 0 saturated carbocycles. The zero-order chi connectivity index (χ0) is 18.7. The van der Waals surface area contributed by atoms with Gasteiger partial charge in [0.05, 0.1) is 12.2 Å². The van der Waals surface area contributed by atoms with Crippen molar-refractivity contribution in [2.45, 2.75) is 19.3 Å². The maximum Gasteiger partial charge on any atom is 0.573 e. The van der Waals surface area contributed by atoms with Crippen molar-refractivity contribution in [3.8, 4) is 17.0 Å². The lowest BCUT2D eigenvalue weighted by atomic mass is 10.1. The van der Waals surface area contributed by atoms with Crippen molar-refractivity contribution in [3.05, 3.63) is 36.4 Å². The summed E-state index contributed by atoms with van der Waals surface area (Å²) in [5.74, 6) is 4.36. The van der Waals surface area contributed by atoms with E-state index in [-0.39, 0.29) is 24.6 Å². The molecule has 0 spiro atoms. The van der Waals surface area contributed by atoms with Crippen LogP contribution < -0.4 is 16.0 Å². The first-order valence-electron chi connectivity index (χ1n) is 7.41. The topological polar surface area (TPSA) is 108 Å². The van der Waals surface area contributed by atoms with Crippen molar-refractivity contribution in [1.29, 1.82) is 0 Å². The molecule has 1 amide bonds. The van der Waals surface area contributed by atoms with E-state index in [1.165, 1.54) is 28.9 Å². The number of alkyl halides is 3. The Balaban J connectivity index is 1.85. The molecule has 26 heavy (non-hydrogen) atoms. The molecule has 11 heteroatoms. The Kier molecular flexibility index (Phi) is 4.71. The number of amides is 1. The number of ether oxygens (including phenoxy) is 1. The number of pyridine rings is 1. The second-order valence-corrected chi connectivity index (χ2v) is 5.24. The highest BCUT2D eigenvalue weighted by Crippen LogP contribution is 2.26. The number of hydrazine groups is 1. The molecule has 0 unspecified atom stereocenters. The van der Waals surface area contributed by atoms with Crippen LogP contribution in [0.4, 0.5) is 13.2 Å². The number of nitrogens with two attached hydrogens (primary N) is 1. The van der Waals surface area contributed by atoms with Crippen molar-refractivity contribution in [2.75, 3.05) is 0 Å². The minimum Gasteiger partial charge on any atom is -0.406 e. The van der Waals surface area contributed by atoms with Crippen LogP contribution in [0.3, 0.4) is 0 Å². The standard InChI is InChI=1S/C15H13F3N6O2/c16-15(17,18)26-10-3-1-9(2-4-10)11-5-6-12-14(20-11)24(23-22-12)8-7-13(25)21-19/h1-6H,7-8,19H2,(H,21,25). The van der Waals surface area contributed by atoms with Crippen LogP contribution >= 0.6 is 0 Å². The lowest BCUT2D eigenvalue weighted by molar-refractivity contribution is -0.274. The summed E-state index contributed by atoms with van der Waals surface area (Å²) in [5, 5.41) is 7.88. The number of carbonyl (C=O) groups is 1. The Morgan fingerprint density at radius 1 is 1.19 bits per heavy atom. The third kappa shape index (κ3) is 4.06. The summed E-state index contributed by atoms with van der Waals surface area (Å²) < 4.78 is 41.9. The first-order chi connectivity index (χ1) is 12.4. The number of benzene rings is 1. The number of halogens is 3. The second-order valence-electron chi connectivity index (χ2n) is 5.24. The van der Waals surface area contributed by atoms with Gasteiger partial charge in [-0.15, -0.1) is 18.3 Å². The molecule has 136 valence electrons. The highest BCUT2D eigenvalue weighted by atomic mass is 19.4. The molecule has 0 atom stereocenters. The van der Waals surface area contributed by atoms with Crippen molar-refractivity contribution < 1.29 is 22.7 Å². The fourth-order valence-electron chi connectivity index (χ4n) is 2.27. The molecule has 3 N–H and O–H groups in total. The predicted octanol–water partition coefficient (Wildman–Crippen LogP) is 1.77. The van der Waals surface area contributed by atoms with Gasteiger partial charge in [0.2, 0.25) is 5.91 Å². The Morgan fingerprint density at radius 3 is 2.58 bits per heavy atom. The SMILES string of the molecule is NNC(=O)CCn1nnc2ccc(-c3ccc(OC(F)(F)F)cc3)nc21. The number of aromatic nitrogens is 4. The van der Waals surface area contributed by atoms with E-state index < -0.39 is 6.36 Å². The fraction of sp³-hybridized carbons (Fsp3) is 0.200. The maximum atomic E-state index is 12.2. The minimum atomic E-state index is -4.74. The quantitative estimate of drug-likeness (QED) is 0.405. The zero-order valence-electron chi connectivity index (χ0n) is 13.2. The van der Waals surface area contributed by atoms with Gasteiger partial charge in [0.25, 0.3) is 0 Å². The Bertz CT molecular complexity index is 923. The van der Waals surface area contributed by atoms with Gasteiger partial charge in [0, 0.05) is 12.0 Å². The molecule has 0 fully saturated rings. The first-order valence-corrected chi connectivity index (χ1v) is 7.41. The van der Waals surface area contributed by atoms with E-state index in [0.29, 0.717) is 22.4 Å². The summed E-state index contributed by atoms with van der Waals surface area (Å²) in [6, 6.07) is 8.69. The lowest BCUT2D eigenvalue weighted by Crippen LogP contribution is -2.30. The van der Waals surface area contributed by atoms with Gasteiger partial charge in [0.1, 0.15) is 11.3 Å². The molecule has 0 radical (unpaired) electrons. The average Bonchev–Trinajstić information content (AvgIpc) is 3.01. The maximum absolute atomic E-state index is 12.2. The third-order valence-corrected chi connectivity index (χ3v) is 3.45. The van der Waals surface area contributed by atoms with Crippen LogP contribution in [-0.4, -0.2) is 32.2 Å². The van der Waals surface area contributed by atoms with E-state index in [2.05, 4.69) is 20.0 Å². The molecule has 2 heterocycles. The minimum absolute atomic E-state index is 0.102. The van der Waals surface area contributed by atoms with Gasteiger partial charge in [-0.2, -0.15) is 0 Å². The van der Waals surface area contributed by atoms with Crippen LogP contribution in [0.1, 0.15) is 6.42 Å². The summed E-state index contributed by atoms with van der Waals surface area (Å²) in [6.45, 7) is 0.231. The van der Waals surface area contributed by atoms with Crippen LogP contribution in [0, 0.1) is 0 Å². The molecule has 1 aromatic carbocycles. The number of hydrogen-bond acceptors (Lipinski definition) is 6. The molecule has 8 nitrogen and oxygen atoms in total. The molecular weight excluding hydrogens is 353 g/mol. The van der Waals surface area contributed by atoms with Crippen molar-refractivity contribution in [3.63, 3.8) is 0 Å². The van der Waals surface area contributed by atoms with Gasteiger partial charge in [-0.25, -0.2) is 15.5 Å². The van der Waals surface area contributed by atoms with Gasteiger partial charge in [-0.3, -0.25) is 10.2 Å². The monoisotopic (exact) mass is 366 g/mol. The van der Waals surface area contributed by atoms with Crippen LogP contribution in [0.5, 0.6) is 5.75 Å². The molecule has 2 aromatic heterocycles. The highest BCUT2D eigenvalue weighted by Gasteiger charge is 2.30. The summed E-state index contributed by atoms with van der Waals surface area (Å²) in [4.78, 5) is 15.7. The summed E-state index contributed by atoms with van der Waals surface area (Å²) in [7, 11) is 0. The number of rotatable bonds is 5. The average molecular weight is 366 g/mol. The normalized spacial score (nSPS) is 11.5. The molecule has 0 aliphatic rings. The molecular formula is C15H13F3N6O2. The van der Waals surface area contributed by atoms with E-state index >= 15 is 0 Å². The molecule has 0 bridgehead atoms. The lowest BCUT2D eigenvalue weighted by Gasteiger charge is -2.09. The number of aryl methyl sites for hydroxylation is 1. The van der Waals surface area contributed by atoms with Crippen LogP contribution in [0.2, 0.25) is 0 Å². The molecule has 0 aliphatic carbocycles. The first kappa shape index (κ1) is 17.6. The second kappa shape index (κ2) is 6.96. The van der Waals surface area contributed by atoms with E-state index in [0.717, 1.165) is 0 Å². The predicted molar refractivity (Wildman–Crippen MR) is 84.4 cm³/mol. The van der Waals surface area contributed by atoms with E-state index in [1.807, 2.05) is 5.43 Å². The van der Waals surface area contributed by atoms with E-state index in [4.69, 9.17) is 5.84 Å². The number of fused-ring (bicyclic) bond motifs is 1. The molecule has 3 aromatic rings. The number of nitrogens with zero attached hydrogens (tertiary/aromatic N) is 4. The largest absolute Gasteiger partial charge is 0.573 e. The van der Waals surface area contributed by atoms with Gasteiger partial charge in [0.15, 0.2) is 5.65 Å². The smallest absolute Gasteiger partial charge is 0.406 e. The van der Waals surface area contributed by atoms with Gasteiger partial charge in [-0.1, -0.05) is 5.21 Å². The van der Waals surface area contributed by atoms with Crippen molar-refractivity contribution >= 4 is 17.1 Å². The zero-order valence-corrected chi connectivity index (χ0v) is 13.2. The molecule has 0 saturated heterocycles. The highest BCUT2D eigenvalue weighted by molar-refractivity contribution is 5.76. The molecule has 3 rings (SSSR count). The Labute approximate surface area is 144 Å². The number of carbonyl (C=O) groups excluding carboxylic acids is 1. The summed E-state index contributed by atoms with van der Waals surface area (Å²) in [5.41, 5.74) is 4.10. The van der Waals surface area contributed by atoms with Crippen molar-refractivity contribution in [1.82, 2.24) is 25.4 Å².